The molecule has 4 aromatic rings. The number of benzene rings is 1. The third kappa shape index (κ3) is 3.60. The summed E-state index contributed by atoms with van der Waals surface area (Å²) in [5, 5.41) is 6.92. The van der Waals surface area contributed by atoms with Crippen LogP contribution in [0.15, 0.2) is 52.8 Å². The van der Waals surface area contributed by atoms with Crippen LogP contribution in [0.4, 0.5) is 22.3 Å². The Morgan fingerprint density at radius 1 is 1.10 bits per heavy atom. The number of ether oxygens (including phenoxy) is 1. The van der Waals surface area contributed by atoms with E-state index in [0.717, 1.165) is 43.1 Å². The largest absolute Gasteiger partial charge is 0.378 e. The number of aromatic amines is 1. The molecule has 1 fully saturated rings. The lowest BCUT2D eigenvalue weighted by Gasteiger charge is -2.28. The first-order valence-electron chi connectivity index (χ1n) is 9.61. The fraction of sp³-hybridized carbons (Fsp3) is 0.190. The van der Waals surface area contributed by atoms with Gasteiger partial charge in [-0.1, -0.05) is 0 Å². The van der Waals surface area contributed by atoms with Crippen molar-refractivity contribution in [1.82, 2.24) is 15.0 Å². The molecule has 1 aliphatic heterocycles. The van der Waals surface area contributed by atoms with E-state index in [0.29, 0.717) is 27.7 Å². The molecule has 8 nitrogen and oxygen atoms in total. The van der Waals surface area contributed by atoms with Crippen LogP contribution in [0, 0.1) is 0 Å². The lowest BCUT2D eigenvalue weighted by molar-refractivity contribution is 0.122. The van der Waals surface area contributed by atoms with E-state index in [4.69, 9.17) is 10.5 Å². The number of morpholine rings is 1. The number of aromatic nitrogens is 3. The fourth-order valence-corrected chi connectivity index (χ4v) is 4.11. The molecule has 0 saturated carbocycles. The van der Waals surface area contributed by atoms with E-state index in [9.17, 15) is 4.79 Å². The molecule has 9 heteroatoms. The highest BCUT2D eigenvalue weighted by atomic mass is 32.1. The van der Waals surface area contributed by atoms with Crippen LogP contribution in [0.1, 0.15) is 0 Å². The molecule has 1 aromatic carbocycles. The van der Waals surface area contributed by atoms with Crippen LogP contribution in [0.25, 0.3) is 22.2 Å². The Balaban J connectivity index is 1.52. The summed E-state index contributed by atoms with van der Waals surface area (Å²) in [6.45, 7) is 3.25. The smallest absolute Gasteiger partial charge is 0.259 e. The average Bonchev–Trinajstić information content (AvgIpc) is 3.21. The average molecular weight is 420 g/mol. The highest BCUT2D eigenvalue weighted by Crippen LogP contribution is 2.29. The minimum absolute atomic E-state index is 0.197. The molecule has 1 aliphatic rings. The maximum atomic E-state index is 12.5. The second-order valence-corrected chi connectivity index (χ2v) is 7.86. The molecule has 0 amide bonds. The SMILES string of the molecule is Nc1nc(-c2cc3cc[nH]c(=O)c3c(Nc3ccc(N4CCOCC4)cc3)n2)cs1. The molecule has 5 rings (SSSR count). The Kier molecular flexibility index (Phi) is 4.82. The van der Waals surface area contributed by atoms with Gasteiger partial charge in [-0.15, -0.1) is 11.3 Å². The minimum Gasteiger partial charge on any atom is -0.378 e. The van der Waals surface area contributed by atoms with Crippen molar-refractivity contribution >= 4 is 44.4 Å². The van der Waals surface area contributed by atoms with Gasteiger partial charge in [-0.2, -0.15) is 0 Å². The number of thiazole rings is 1. The van der Waals surface area contributed by atoms with E-state index in [-0.39, 0.29) is 5.56 Å². The van der Waals surface area contributed by atoms with Gasteiger partial charge in [0.05, 0.1) is 24.3 Å². The maximum absolute atomic E-state index is 12.5. The minimum atomic E-state index is -0.197. The van der Waals surface area contributed by atoms with Crippen LogP contribution in [-0.2, 0) is 4.74 Å². The van der Waals surface area contributed by atoms with Gasteiger partial charge in [0.15, 0.2) is 5.13 Å². The van der Waals surface area contributed by atoms with Crippen molar-refractivity contribution in [3.8, 4) is 11.4 Å². The fourth-order valence-electron chi connectivity index (χ4n) is 3.55. The van der Waals surface area contributed by atoms with Crippen molar-refractivity contribution in [2.45, 2.75) is 0 Å². The molecule has 0 spiro atoms. The number of anilines is 4. The van der Waals surface area contributed by atoms with Crippen LogP contribution >= 0.6 is 11.3 Å². The quantitative estimate of drug-likeness (QED) is 0.465. The van der Waals surface area contributed by atoms with Crippen LogP contribution in [-0.4, -0.2) is 41.3 Å². The van der Waals surface area contributed by atoms with Crippen molar-refractivity contribution in [1.29, 1.82) is 0 Å². The van der Waals surface area contributed by atoms with Gasteiger partial charge in [0.2, 0.25) is 0 Å². The number of hydrogen-bond donors (Lipinski definition) is 3. The monoisotopic (exact) mass is 420 g/mol. The zero-order valence-electron chi connectivity index (χ0n) is 16.1. The molecule has 0 unspecified atom stereocenters. The Bertz CT molecular complexity index is 1240. The first kappa shape index (κ1) is 18.6. The topological polar surface area (TPSA) is 109 Å². The number of nitrogens with zero attached hydrogens (tertiary/aromatic N) is 3. The van der Waals surface area contributed by atoms with Crippen molar-refractivity contribution in [3.05, 3.63) is 58.3 Å². The number of nitrogens with one attached hydrogen (secondary N) is 2. The second-order valence-electron chi connectivity index (χ2n) is 6.97. The van der Waals surface area contributed by atoms with Crippen LogP contribution in [0.2, 0.25) is 0 Å². The molecule has 4 heterocycles. The van der Waals surface area contributed by atoms with Gasteiger partial charge in [-0.25, -0.2) is 9.97 Å². The summed E-state index contributed by atoms with van der Waals surface area (Å²) >= 11 is 1.36. The predicted octanol–water partition coefficient (Wildman–Crippen LogP) is 3.21. The van der Waals surface area contributed by atoms with Gasteiger partial charge >= 0.3 is 0 Å². The molecule has 0 radical (unpaired) electrons. The molecular weight excluding hydrogens is 400 g/mol. The van der Waals surface area contributed by atoms with Gasteiger partial charge in [0, 0.05) is 36.0 Å². The molecule has 3 aromatic heterocycles. The highest BCUT2D eigenvalue weighted by molar-refractivity contribution is 7.13. The number of fused-ring (bicyclic) bond motifs is 1. The third-order valence-electron chi connectivity index (χ3n) is 5.04. The molecule has 0 aliphatic carbocycles. The molecule has 0 bridgehead atoms. The van der Waals surface area contributed by atoms with Crippen molar-refractivity contribution in [2.24, 2.45) is 0 Å². The van der Waals surface area contributed by atoms with E-state index in [1.807, 2.05) is 29.6 Å². The van der Waals surface area contributed by atoms with E-state index in [2.05, 4.69) is 37.3 Å². The molecule has 30 heavy (non-hydrogen) atoms. The third-order valence-corrected chi connectivity index (χ3v) is 5.72. The number of pyridine rings is 2. The summed E-state index contributed by atoms with van der Waals surface area (Å²) in [6.07, 6.45) is 1.63. The normalized spacial score (nSPS) is 14.2. The molecular formula is C21H20N6O2S. The number of rotatable bonds is 4. The van der Waals surface area contributed by atoms with E-state index < -0.39 is 0 Å². The van der Waals surface area contributed by atoms with E-state index in [1.165, 1.54) is 11.3 Å². The number of nitrogens with two attached hydrogens (primary N) is 1. The summed E-state index contributed by atoms with van der Waals surface area (Å²) in [7, 11) is 0. The van der Waals surface area contributed by atoms with E-state index >= 15 is 0 Å². The Labute approximate surface area is 176 Å². The summed E-state index contributed by atoms with van der Waals surface area (Å²) < 4.78 is 5.42. The Hall–Kier alpha value is -3.43. The van der Waals surface area contributed by atoms with Crippen molar-refractivity contribution < 1.29 is 4.74 Å². The van der Waals surface area contributed by atoms with Gasteiger partial charge < -0.3 is 25.7 Å². The summed E-state index contributed by atoms with van der Waals surface area (Å²) in [5.74, 6) is 0.482. The Morgan fingerprint density at radius 2 is 1.90 bits per heavy atom. The molecule has 152 valence electrons. The highest BCUT2D eigenvalue weighted by Gasteiger charge is 2.14. The Morgan fingerprint density at radius 3 is 2.63 bits per heavy atom. The summed E-state index contributed by atoms with van der Waals surface area (Å²) in [5.41, 5.74) is 8.93. The van der Waals surface area contributed by atoms with E-state index in [1.54, 1.807) is 6.20 Å². The second kappa shape index (κ2) is 7.77. The maximum Gasteiger partial charge on any atom is 0.259 e. The summed E-state index contributed by atoms with van der Waals surface area (Å²) in [4.78, 5) is 26.5. The zero-order valence-corrected chi connectivity index (χ0v) is 16.9. The number of H-pyrrole nitrogens is 1. The standard InChI is InChI=1S/C21H20N6O2S/c22-21-26-17(12-30-21)16-11-13-5-6-23-20(28)18(13)19(25-16)24-14-1-3-15(4-2-14)27-7-9-29-10-8-27/h1-6,11-12H,7-10H2,(H2,22,26)(H,23,28)(H,24,25). The zero-order chi connectivity index (χ0) is 20.5. The first-order chi connectivity index (χ1) is 14.7. The first-order valence-corrected chi connectivity index (χ1v) is 10.5. The van der Waals surface area contributed by atoms with Gasteiger partial charge in [0.1, 0.15) is 11.5 Å². The number of hydrogen-bond acceptors (Lipinski definition) is 8. The van der Waals surface area contributed by atoms with Crippen LogP contribution in [0.3, 0.4) is 0 Å². The van der Waals surface area contributed by atoms with Crippen molar-refractivity contribution in [2.75, 3.05) is 42.3 Å². The molecule has 4 N–H and O–H groups in total. The van der Waals surface area contributed by atoms with Crippen LogP contribution in [0.5, 0.6) is 0 Å². The number of nitrogen functional groups attached to an aromatic ring is 1. The lowest BCUT2D eigenvalue weighted by atomic mass is 10.1. The van der Waals surface area contributed by atoms with Gasteiger partial charge in [-0.3, -0.25) is 4.79 Å². The molecule has 1 saturated heterocycles. The van der Waals surface area contributed by atoms with Crippen LogP contribution < -0.4 is 21.5 Å². The van der Waals surface area contributed by atoms with Gasteiger partial charge in [0.25, 0.3) is 5.56 Å². The van der Waals surface area contributed by atoms with Gasteiger partial charge in [-0.05, 0) is 41.8 Å². The molecule has 0 atom stereocenters. The summed E-state index contributed by atoms with van der Waals surface area (Å²) in [6, 6.07) is 11.8. The lowest BCUT2D eigenvalue weighted by Crippen LogP contribution is -2.36. The predicted molar refractivity (Wildman–Crippen MR) is 121 cm³/mol. The van der Waals surface area contributed by atoms with Crippen molar-refractivity contribution in [3.63, 3.8) is 0 Å².